The Balaban J connectivity index is 2.64. The van der Waals surface area contributed by atoms with Gasteiger partial charge in [-0.2, -0.15) is 0 Å². The number of hydrogen-bond donors (Lipinski definition) is 0. The number of hydrogen-bond acceptors (Lipinski definition) is 4. The molecule has 0 aliphatic carbocycles. The lowest BCUT2D eigenvalue weighted by Gasteiger charge is -2.29. The molecule has 0 amide bonds. The minimum absolute atomic E-state index is 0.237. The maximum atomic E-state index is 11.6. The summed E-state index contributed by atoms with van der Waals surface area (Å²) in [5.41, 5.74) is 0. The fourth-order valence-corrected chi connectivity index (χ4v) is 1.73. The van der Waals surface area contributed by atoms with Crippen LogP contribution in [0.4, 0.5) is 0 Å². The third-order valence-electron chi connectivity index (χ3n) is 2.47. The molecule has 1 fully saturated rings. The summed E-state index contributed by atoms with van der Waals surface area (Å²) in [7, 11) is 0. The molecule has 0 unspecified atom stereocenters. The second-order valence-corrected chi connectivity index (χ2v) is 3.43. The first-order valence-corrected chi connectivity index (χ1v) is 5.08. The van der Waals surface area contributed by atoms with Crippen LogP contribution in [-0.2, 0) is 19.0 Å². The predicted molar refractivity (Wildman–Crippen MR) is 50.7 cm³/mol. The third-order valence-corrected chi connectivity index (χ3v) is 2.47. The molecular formula is C10H18O4. The van der Waals surface area contributed by atoms with E-state index in [0.29, 0.717) is 26.2 Å². The Morgan fingerprint density at radius 2 is 2.00 bits per heavy atom. The Hall–Kier alpha value is -0.610. The van der Waals surface area contributed by atoms with Gasteiger partial charge < -0.3 is 14.2 Å². The highest BCUT2D eigenvalue weighted by atomic mass is 16.7. The van der Waals surface area contributed by atoms with Gasteiger partial charge in [0.05, 0.1) is 19.8 Å². The van der Waals surface area contributed by atoms with Crippen LogP contribution in [0.5, 0.6) is 0 Å². The topological polar surface area (TPSA) is 44.8 Å². The number of esters is 1. The first-order valence-electron chi connectivity index (χ1n) is 5.08. The average molecular weight is 202 g/mol. The molecule has 1 saturated heterocycles. The van der Waals surface area contributed by atoms with Crippen LogP contribution in [0.25, 0.3) is 0 Å². The Bertz CT molecular complexity index is 196. The van der Waals surface area contributed by atoms with Gasteiger partial charge in [0.15, 0.2) is 5.79 Å². The first-order chi connectivity index (χ1) is 6.64. The van der Waals surface area contributed by atoms with Gasteiger partial charge >= 0.3 is 5.97 Å². The molecule has 4 nitrogen and oxygen atoms in total. The normalized spacial score (nSPS) is 21.9. The fraction of sp³-hybridized carbons (Fsp3) is 0.900. The van der Waals surface area contributed by atoms with E-state index < -0.39 is 5.79 Å². The highest BCUT2D eigenvalue weighted by molar-refractivity contribution is 5.73. The van der Waals surface area contributed by atoms with E-state index in [1.54, 1.807) is 13.8 Å². The maximum Gasteiger partial charge on any atom is 0.314 e. The molecule has 0 saturated carbocycles. The molecule has 0 bridgehead atoms. The molecule has 1 heterocycles. The average Bonchev–Trinajstić information content (AvgIpc) is 2.54. The highest BCUT2D eigenvalue weighted by Gasteiger charge is 2.43. The highest BCUT2D eigenvalue weighted by Crippen LogP contribution is 2.30. The zero-order chi connectivity index (χ0) is 10.6. The van der Waals surface area contributed by atoms with Crippen molar-refractivity contribution in [3.8, 4) is 0 Å². The summed E-state index contributed by atoms with van der Waals surface area (Å²) in [5.74, 6) is -1.36. The van der Waals surface area contributed by atoms with E-state index in [1.165, 1.54) is 0 Å². The van der Waals surface area contributed by atoms with Gasteiger partial charge in [0, 0.05) is 0 Å². The first kappa shape index (κ1) is 11.5. The van der Waals surface area contributed by atoms with E-state index in [0.717, 1.165) is 0 Å². The zero-order valence-electron chi connectivity index (χ0n) is 9.04. The van der Waals surface area contributed by atoms with Crippen molar-refractivity contribution < 1.29 is 19.0 Å². The fourth-order valence-electron chi connectivity index (χ4n) is 1.73. The molecule has 1 aliphatic rings. The molecule has 0 radical (unpaired) electrons. The van der Waals surface area contributed by atoms with Crippen molar-refractivity contribution in [2.24, 2.45) is 5.92 Å². The molecule has 0 aromatic rings. The quantitative estimate of drug-likeness (QED) is 0.645. The predicted octanol–water partition coefficient (Wildman–Crippen LogP) is 1.34. The molecule has 0 aromatic carbocycles. The van der Waals surface area contributed by atoms with E-state index in [9.17, 15) is 4.79 Å². The van der Waals surface area contributed by atoms with Crippen LogP contribution >= 0.6 is 0 Å². The van der Waals surface area contributed by atoms with E-state index in [-0.39, 0.29) is 11.9 Å². The summed E-state index contributed by atoms with van der Waals surface area (Å²) < 4.78 is 15.8. The SMILES string of the molecule is CCOC(=O)[C@H](CC)C1(C)OCCO1. The molecule has 1 atom stereocenters. The van der Waals surface area contributed by atoms with Crippen LogP contribution in [0.2, 0.25) is 0 Å². The van der Waals surface area contributed by atoms with Crippen LogP contribution in [0.3, 0.4) is 0 Å². The summed E-state index contributed by atoms with van der Waals surface area (Å²) in [5, 5.41) is 0. The Kier molecular flexibility index (Phi) is 3.89. The molecule has 14 heavy (non-hydrogen) atoms. The number of carbonyl (C=O) groups excluding carboxylic acids is 1. The van der Waals surface area contributed by atoms with Gasteiger partial charge in [-0.3, -0.25) is 4.79 Å². The zero-order valence-corrected chi connectivity index (χ0v) is 9.04. The largest absolute Gasteiger partial charge is 0.466 e. The minimum atomic E-state index is -0.791. The summed E-state index contributed by atoms with van der Waals surface area (Å²) in [6.45, 7) is 7.01. The standard InChI is InChI=1S/C10H18O4/c1-4-8(9(11)12-5-2)10(3)13-6-7-14-10/h8H,4-7H2,1-3H3/t8-/m0/s1. The lowest BCUT2D eigenvalue weighted by molar-refractivity contribution is -0.200. The summed E-state index contributed by atoms with van der Waals surface area (Å²) in [4.78, 5) is 11.6. The van der Waals surface area contributed by atoms with E-state index in [1.807, 2.05) is 6.92 Å². The van der Waals surface area contributed by atoms with Crippen molar-refractivity contribution in [3.63, 3.8) is 0 Å². The molecule has 0 N–H and O–H groups in total. The lowest BCUT2D eigenvalue weighted by Crippen LogP contribution is -2.41. The van der Waals surface area contributed by atoms with Crippen molar-refractivity contribution in [2.45, 2.75) is 33.0 Å². The van der Waals surface area contributed by atoms with Gasteiger partial charge in [0.1, 0.15) is 5.92 Å². The number of carbonyl (C=O) groups is 1. The summed E-state index contributed by atoms with van der Waals surface area (Å²) in [6.07, 6.45) is 0.662. The molecule has 1 rings (SSSR count). The van der Waals surface area contributed by atoms with E-state index in [2.05, 4.69) is 0 Å². The van der Waals surface area contributed by atoms with Gasteiger partial charge in [-0.1, -0.05) is 6.92 Å². The molecule has 0 aromatic heterocycles. The van der Waals surface area contributed by atoms with Gasteiger partial charge in [0.2, 0.25) is 0 Å². The maximum absolute atomic E-state index is 11.6. The van der Waals surface area contributed by atoms with Crippen molar-refractivity contribution in [1.29, 1.82) is 0 Å². The molecular weight excluding hydrogens is 184 g/mol. The Morgan fingerprint density at radius 1 is 1.43 bits per heavy atom. The van der Waals surface area contributed by atoms with Crippen molar-refractivity contribution >= 4 is 5.97 Å². The summed E-state index contributed by atoms with van der Waals surface area (Å²) >= 11 is 0. The smallest absolute Gasteiger partial charge is 0.314 e. The van der Waals surface area contributed by atoms with Gasteiger partial charge in [-0.25, -0.2) is 0 Å². The second kappa shape index (κ2) is 4.75. The van der Waals surface area contributed by atoms with Crippen LogP contribution in [0, 0.1) is 5.92 Å². The van der Waals surface area contributed by atoms with Gasteiger partial charge in [-0.15, -0.1) is 0 Å². The molecule has 4 heteroatoms. The van der Waals surface area contributed by atoms with Crippen molar-refractivity contribution in [2.75, 3.05) is 19.8 Å². The second-order valence-electron chi connectivity index (χ2n) is 3.43. The Labute approximate surface area is 84.5 Å². The lowest BCUT2D eigenvalue weighted by atomic mass is 9.97. The van der Waals surface area contributed by atoms with Crippen molar-refractivity contribution in [3.05, 3.63) is 0 Å². The van der Waals surface area contributed by atoms with Crippen LogP contribution in [0.1, 0.15) is 27.2 Å². The minimum Gasteiger partial charge on any atom is -0.466 e. The number of rotatable bonds is 4. The van der Waals surface area contributed by atoms with Gasteiger partial charge in [0.25, 0.3) is 0 Å². The molecule has 1 aliphatic heterocycles. The monoisotopic (exact) mass is 202 g/mol. The summed E-state index contributed by atoms with van der Waals surface area (Å²) in [6, 6.07) is 0. The molecule has 0 spiro atoms. The molecule has 82 valence electrons. The Morgan fingerprint density at radius 3 is 2.43 bits per heavy atom. The van der Waals surface area contributed by atoms with Crippen LogP contribution in [-0.4, -0.2) is 31.6 Å². The van der Waals surface area contributed by atoms with Crippen LogP contribution < -0.4 is 0 Å². The van der Waals surface area contributed by atoms with Gasteiger partial charge in [-0.05, 0) is 20.3 Å². The van der Waals surface area contributed by atoms with E-state index in [4.69, 9.17) is 14.2 Å². The van der Waals surface area contributed by atoms with Crippen LogP contribution in [0.15, 0.2) is 0 Å². The van der Waals surface area contributed by atoms with Crippen molar-refractivity contribution in [1.82, 2.24) is 0 Å². The third kappa shape index (κ3) is 2.25. The number of ether oxygens (including phenoxy) is 3. The van der Waals surface area contributed by atoms with E-state index >= 15 is 0 Å².